The number of hydrogen-bond donors (Lipinski definition) is 1. The molecule has 0 atom stereocenters. The minimum atomic E-state index is -3.09. The van der Waals surface area contributed by atoms with Crippen molar-refractivity contribution in [2.45, 2.75) is 44.8 Å². The van der Waals surface area contributed by atoms with Crippen molar-refractivity contribution < 1.29 is 27.8 Å². The number of carbonyl (C=O) groups is 1. The molecule has 1 aromatic carbocycles. The SMILES string of the molecule is COCC(C)(C)c1ccc2c(-c3cc(OC)c(C(=O)NC4CC4)c(OC(F)F)c3)cnn2c1. The molecule has 3 aromatic rings. The van der Waals surface area contributed by atoms with Crippen molar-refractivity contribution in [2.24, 2.45) is 0 Å². The molecule has 0 aliphatic heterocycles. The number of nitrogens with one attached hydrogen (secondary N) is 1. The number of ether oxygens (including phenoxy) is 3. The fourth-order valence-corrected chi connectivity index (χ4v) is 3.86. The van der Waals surface area contributed by atoms with Crippen molar-refractivity contribution in [2.75, 3.05) is 20.8 Å². The monoisotopic (exact) mass is 459 g/mol. The number of hydrogen-bond acceptors (Lipinski definition) is 5. The van der Waals surface area contributed by atoms with Crippen LogP contribution in [0.3, 0.4) is 0 Å². The van der Waals surface area contributed by atoms with Crippen LogP contribution in [0.1, 0.15) is 42.6 Å². The zero-order valence-electron chi connectivity index (χ0n) is 19.0. The lowest BCUT2D eigenvalue weighted by Gasteiger charge is -2.24. The van der Waals surface area contributed by atoms with E-state index in [4.69, 9.17) is 14.2 Å². The molecule has 1 fully saturated rings. The molecule has 1 aliphatic carbocycles. The number of fused-ring (bicyclic) bond motifs is 1. The van der Waals surface area contributed by atoms with Crippen molar-refractivity contribution in [1.82, 2.24) is 14.9 Å². The zero-order chi connectivity index (χ0) is 23.8. The minimum Gasteiger partial charge on any atom is -0.496 e. The van der Waals surface area contributed by atoms with Gasteiger partial charge in [0.05, 0.1) is 25.4 Å². The summed E-state index contributed by atoms with van der Waals surface area (Å²) in [6.07, 6.45) is 5.29. The molecule has 0 radical (unpaired) electrons. The molecular formula is C24H27F2N3O4. The summed E-state index contributed by atoms with van der Waals surface area (Å²) in [5.74, 6) is -0.588. The normalized spacial score (nSPS) is 14.0. The molecule has 2 aromatic heterocycles. The van der Waals surface area contributed by atoms with E-state index in [9.17, 15) is 13.6 Å². The number of benzene rings is 1. The van der Waals surface area contributed by atoms with Gasteiger partial charge in [-0.25, -0.2) is 4.52 Å². The van der Waals surface area contributed by atoms with Gasteiger partial charge in [-0.05, 0) is 42.2 Å². The molecule has 7 nitrogen and oxygen atoms in total. The van der Waals surface area contributed by atoms with Crippen LogP contribution in [-0.4, -0.2) is 49.0 Å². The van der Waals surface area contributed by atoms with E-state index in [2.05, 4.69) is 24.3 Å². The first-order valence-electron chi connectivity index (χ1n) is 10.7. The van der Waals surface area contributed by atoms with Crippen molar-refractivity contribution >= 4 is 11.4 Å². The van der Waals surface area contributed by atoms with Crippen LogP contribution in [0, 0.1) is 0 Å². The Bertz CT molecular complexity index is 1170. The Balaban J connectivity index is 1.78. The van der Waals surface area contributed by atoms with Gasteiger partial charge < -0.3 is 19.5 Å². The predicted octanol–water partition coefficient (Wildman–Crippen LogP) is 4.43. The van der Waals surface area contributed by atoms with E-state index in [0.29, 0.717) is 17.7 Å². The first-order chi connectivity index (χ1) is 15.7. The lowest BCUT2D eigenvalue weighted by Crippen LogP contribution is -2.26. The van der Waals surface area contributed by atoms with Gasteiger partial charge in [-0.2, -0.15) is 13.9 Å². The third-order valence-electron chi connectivity index (χ3n) is 5.76. The number of nitrogens with zero attached hydrogens (tertiary/aromatic N) is 2. The average Bonchev–Trinajstić information content (AvgIpc) is 3.47. The summed E-state index contributed by atoms with van der Waals surface area (Å²) in [4.78, 5) is 12.7. The molecule has 176 valence electrons. The Morgan fingerprint density at radius 2 is 1.97 bits per heavy atom. The number of pyridine rings is 1. The summed E-state index contributed by atoms with van der Waals surface area (Å²) in [5, 5.41) is 7.25. The van der Waals surface area contributed by atoms with Crippen molar-refractivity contribution in [3.63, 3.8) is 0 Å². The van der Waals surface area contributed by atoms with Crippen LogP contribution >= 0.6 is 0 Å². The van der Waals surface area contributed by atoms with E-state index >= 15 is 0 Å². The number of aromatic nitrogens is 2. The average molecular weight is 459 g/mol. The van der Waals surface area contributed by atoms with Crippen LogP contribution in [0.5, 0.6) is 11.5 Å². The van der Waals surface area contributed by atoms with Crippen molar-refractivity contribution in [3.8, 4) is 22.6 Å². The summed E-state index contributed by atoms with van der Waals surface area (Å²) >= 11 is 0. The molecule has 0 spiro atoms. The first-order valence-corrected chi connectivity index (χ1v) is 10.7. The van der Waals surface area contributed by atoms with Gasteiger partial charge in [-0.15, -0.1) is 0 Å². The highest BCUT2D eigenvalue weighted by Gasteiger charge is 2.29. The topological polar surface area (TPSA) is 74.1 Å². The largest absolute Gasteiger partial charge is 0.496 e. The van der Waals surface area contributed by atoms with Gasteiger partial charge in [0.25, 0.3) is 5.91 Å². The number of alkyl halides is 2. The summed E-state index contributed by atoms with van der Waals surface area (Å²) in [6.45, 7) is 1.60. The zero-order valence-corrected chi connectivity index (χ0v) is 19.0. The third-order valence-corrected chi connectivity index (χ3v) is 5.76. The number of amides is 1. The Labute approximate surface area is 190 Å². The highest BCUT2D eigenvalue weighted by Crippen LogP contribution is 2.38. The van der Waals surface area contributed by atoms with Crippen LogP contribution < -0.4 is 14.8 Å². The molecule has 0 bridgehead atoms. The quantitative estimate of drug-likeness (QED) is 0.513. The molecule has 1 amide bonds. The van der Waals surface area contributed by atoms with E-state index in [0.717, 1.165) is 23.9 Å². The molecule has 0 unspecified atom stereocenters. The molecule has 1 aliphatic rings. The van der Waals surface area contributed by atoms with Gasteiger partial charge in [-0.1, -0.05) is 19.9 Å². The predicted molar refractivity (Wildman–Crippen MR) is 119 cm³/mol. The highest BCUT2D eigenvalue weighted by atomic mass is 19.3. The van der Waals surface area contributed by atoms with E-state index in [1.807, 2.05) is 18.3 Å². The summed E-state index contributed by atoms with van der Waals surface area (Å²) in [5.41, 5.74) is 2.79. The number of methoxy groups -OCH3 is 2. The standard InChI is InChI=1S/C24H27F2N3O4/c1-24(2,13-31-3)15-5-8-18-17(11-27-29(18)12-15)14-9-19(32-4)21(20(10-14)33-23(25)26)22(30)28-16-6-7-16/h5,8-12,16,23H,6-7,13H2,1-4H3,(H,28,30). The minimum absolute atomic E-state index is 0.0477. The molecule has 1 saturated carbocycles. The molecular weight excluding hydrogens is 432 g/mol. The van der Waals surface area contributed by atoms with Crippen LogP contribution in [-0.2, 0) is 10.2 Å². The van der Waals surface area contributed by atoms with Gasteiger partial charge in [-0.3, -0.25) is 4.79 Å². The second kappa shape index (κ2) is 8.97. The maximum absolute atomic E-state index is 13.2. The van der Waals surface area contributed by atoms with Gasteiger partial charge in [0.15, 0.2) is 0 Å². The van der Waals surface area contributed by atoms with Gasteiger partial charge >= 0.3 is 6.61 Å². The highest BCUT2D eigenvalue weighted by molar-refractivity contribution is 6.01. The fourth-order valence-electron chi connectivity index (χ4n) is 3.86. The summed E-state index contributed by atoms with van der Waals surface area (Å²) < 4.78 is 43.6. The molecule has 4 rings (SSSR count). The van der Waals surface area contributed by atoms with Crippen LogP contribution in [0.25, 0.3) is 16.6 Å². The smallest absolute Gasteiger partial charge is 0.387 e. The first kappa shape index (κ1) is 23.0. The lowest BCUT2D eigenvalue weighted by molar-refractivity contribution is -0.0502. The Hall–Kier alpha value is -3.20. The van der Waals surface area contributed by atoms with Gasteiger partial charge in [0.1, 0.15) is 17.1 Å². The van der Waals surface area contributed by atoms with E-state index in [1.54, 1.807) is 23.9 Å². The van der Waals surface area contributed by atoms with Crippen molar-refractivity contribution in [1.29, 1.82) is 0 Å². The Morgan fingerprint density at radius 3 is 2.61 bits per heavy atom. The van der Waals surface area contributed by atoms with Gasteiger partial charge in [0.2, 0.25) is 0 Å². The molecule has 2 heterocycles. The second-order valence-electron chi connectivity index (χ2n) is 8.80. The van der Waals surface area contributed by atoms with Crippen LogP contribution in [0.4, 0.5) is 8.78 Å². The van der Waals surface area contributed by atoms with E-state index < -0.39 is 12.5 Å². The number of carbonyl (C=O) groups excluding carboxylic acids is 1. The Morgan fingerprint density at radius 1 is 1.24 bits per heavy atom. The van der Waals surface area contributed by atoms with Crippen LogP contribution in [0.2, 0.25) is 0 Å². The second-order valence-corrected chi connectivity index (χ2v) is 8.80. The fraction of sp³-hybridized carbons (Fsp3) is 0.417. The van der Waals surface area contributed by atoms with Crippen molar-refractivity contribution in [3.05, 3.63) is 47.8 Å². The van der Waals surface area contributed by atoms with Gasteiger partial charge in [0, 0.05) is 30.3 Å². The number of halogens is 2. The summed E-state index contributed by atoms with van der Waals surface area (Å²) in [6, 6.07) is 7.03. The Kier molecular flexibility index (Phi) is 6.25. The maximum atomic E-state index is 13.2. The molecule has 33 heavy (non-hydrogen) atoms. The van der Waals surface area contributed by atoms with Crippen LogP contribution in [0.15, 0.2) is 36.7 Å². The molecule has 9 heteroatoms. The number of rotatable bonds is 9. The third kappa shape index (κ3) is 4.78. The van der Waals surface area contributed by atoms with E-state index in [-0.39, 0.29) is 28.5 Å². The lowest BCUT2D eigenvalue weighted by atomic mass is 9.86. The van der Waals surface area contributed by atoms with E-state index in [1.165, 1.54) is 13.2 Å². The maximum Gasteiger partial charge on any atom is 0.387 e. The molecule has 1 N–H and O–H groups in total. The molecule has 0 saturated heterocycles. The summed E-state index contributed by atoms with van der Waals surface area (Å²) in [7, 11) is 3.05.